The Kier molecular flexibility index (Phi) is 5.93. The number of rotatable bonds is 7. The van der Waals surface area contributed by atoms with Crippen LogP contribution < -0.4 is 4.90 Å². The standard InChI is InChI=1S/C11H16N4O2/c1-16-7-5-15(6-8-17-2)11-13-4-3-10(9-12)14-11/h3-4H,5-8H2,1-2H3. The van der Waals surface area contributed by atoms with Gasteiger partial charge in [0.05, 0.1) is 13.2 Å². The molecule has 0 atom stereocenters. The van der Waals surface area contributed by atoms with Gasteiger partial charge in [0.25, 0.3) is 0 Å². The van der Waals surface area contributed by atoms with Crippen molar-refractivity contribution in [3.05, 3.63) is 18.0 Å². The Morgan fingerprint density at radius 2 is 1.94 bits per heavy atom. The van der Waals surface area contributed by atoms with Crippen LogP contribution in [0.1, 0.15) is 5.69 Å². The highest BCUT2D eigenvalue weighted by atomic mass is 16.5. The van der Waals surface area contributed by atoms with Crippen molar-refractivity contribution in [3.63, 3.8) is 0 Å². The molecule has 0 aromatic carbocycles. The number of methoxy groups -OCH3 is 2. The van der Waals surface area contributed by atoms with E-state index in [2.05, 4.69) is 9.97 Å². The monoisotopic (exact) mass is 236 g/mol. The second-order valence-electron chi connectivity index (χ2n) is 3.33. The third-order valence-corrected chi connectivity index (χ3v) is 2.17. The lowest BCUT2D eigenvalue weighted by atomic mass is 10.4. The molecule has 0 fully saturated rings. The fourth-order valence-corrected chi connectivity index (χ4v) is 1.28. The molecule has 1 heterocycles. The molecule has 0 aliphatic heterocycles. The molecule has 17 heavy (non-hydrogen) atoms. The van der Waals surface area contributed by atoms with Crippen LogP contribution in [0.2, 0.25) is 0 Å². The Balaban J connectivity index is 2.75. The van der Waals surface area contributed by atoms with Crippen molar-refractivity contribution < 1.29 is 9.47 Å². The summed E-state index contributed by atoms with van der Waals surface area (Å²) in [5.74, 6) is 0.526. The number of nitrogens with zero attached hydrogens (tertiary/aromatic N) is 4. The van der Waals surface area contributed by atoms with Gasteiger partial charge in [0.15, 0.2) is 0 Å². The highest BCUT2D eigenvalue weighted by Crippen LogP contribution is 2.06. The van der Waals surface area contributed by atoms with E-state index in [9.17, 15) is 0 Å². The molecular weight excluding hydrogens is 220 g/mol. The van der Waals surface area contributed by atoms with Crippen molar-refractivity contribution >= 4 is 5.95 Å². The molecule has 0 radical (unpaired) electrons. The molecule has 0 bridgehead atoms. The van der Waals surface area contributed by atoms with E-state index in [0.29, 0.717) is 37.9 Å². The van der Waals surface area contributed by atoms with Crippen LogP contribution in [0.25, 0.3) is 0 Å². The molecule has 0 aliphatic rings. The molecule has 0 saturated carbocycles. The summed E-state index contributed by atoms with van der Waals surface area (Å²) in [6.07, 6.45) is 1.58. The number of aromatic nitrogens is 2. The van der Waals surface area contributed by atoms with Crippen LogP contribution in [0.15, 0.2) is 12.3 Å². The molecular formula is C11H16N4O2. The SMILES string of the molecule is COCCN(CCOC)c1nccc(C#N)n1. The molecule has 1 aromatic heterocycles. The van der Waals surface area contributed by atoms with Crippen molar-refractivity contribution in [2.45, 2.75) is 0 Å². The molecule has 6 nitrogen and oxygen atoms in total. The van der Waals surface area contributed by atoms with Crippen LogP contribution in [0.4, 0.5) is 5.95 Å². The zero-order chi connectivity index (χ0) is 12.5. The Morgan fingerprint density at radius 3 is 2.47 bits per heavy atom. The van der Waals surface area contributed by atoms with E-state index in [-0.39, 0.29) is 0 Å². The van der Waals surface area contributed by atoms with Crippen LogP contribution in [-0.4, -0.2) is 50.5 Å². The largest absolute Gasteiger partial charge is 0.383 e. The number of hydrogen-bond acceptors (Lipinski definition) is 6. The molecule has 0 aliphatic carbocycles. The molecule has 0 unspecified atom stereocenters. The summed E-state index contributed by atoms with van der Waals surface area (Å²) in [5, 5.41) is 8.79. The van der Waals surface area contributed by atoms with Gasteiger partial charge in [0, 0.05) is 33.5 Å². The van der Waals surface area contributed by atoms with Gasteiger partial charge in [-0.2, -0.15) is 5.26 Å². The van der Waals surface area contributed by atoms with Gasteiger partial charge >= 0.3 is 0 Å². The molecule has 1 rings (SSSR count). The fraction of sp³-hybridized carbons (Fsp3) is 0.545. The van der Waals surface area contributed by atoms with Crippen molar-refractivity contribution in [1.29, 1.82) is 5.26 Å². The van der Waals surface area contributed by atoms with Crippen LogP contribution in [0.5, 0.6) is 0 Å². The molecule has 0 spiro atoms. The van der Waals surface area contributed by atoms with Gasteiger partial charge in [-0.15, -0.1) is 0 Å². The number of hydrogen-bond donors (Lipinski definition) is 0. The minimum absolute atomic E-state index is 0.356. The van der Waals surface area contributed by atoms with E-state index in [1.807, 2.05) is 11.0 Å². The van der Waals surface area contributed by atoms with Gasteiger partial charge < -0.3 is 14.4 Å². The average molecular weight is 236 g/mol. The summed E-state index contributed by atoms with van der Waals surface area (Å²) in [5.41, 5.74) is 0.356. The maximum atomic E-state index is 8.79. The Morgan fingerprint density at radius 1 is 1.29 bits per heavy atom. The van der Waals surface area contributed by atoms with Crippen molar-refractivity contribution in [3.8, 4) is 6.07 Å². The fourth-order valence-electron chi connectivity index (χ4n) is 1.28. The number of anilines is 1. The van der Waals surface area contributed by atoms with E-state index in [1.54, 1.807) is 26.5 Å². The van der Waals surface area contributed by atoms with Crippen LogP contribution >= 0.6 is 0 Å². The predicted molar refractivity (Wildman–Crippen MR) is 62.7 cm³/mol. The van der Waals surface area contributed by atoms with Crippen LogP contribution in [0.3, 0.4) is 0 Å². The third-order valence-electron chi connectivity index (χ3n) is 2.17. The Labute approximate surface area is 101 Å². The van der Waals surface area contributed by atoms with Crippen LogP contribution in [-0.2, 0) is 9.47 Å². The quantitative estimate of drug-likeness (QED) is 0.684. The summed E-state index contributed by atoms with van der Waals surface area (Å²) in [6, 6.07) is 3.57. The molecule has 0 amide bonds. The van der Waals surface area contributed by atoms with Gasteiger partial charge in [0.2, 0.25) is 5.95 Å². The van der Waals surface area contributed by atoms with Gasteiger partial charge in [-0.3, -0.25) is 0 Å². The Bertz CT molecular complexity index is 370. The molecule has 6 heteroatoms. The van der Waals surface area contributed by atoms with Gasteiger partial charge in [0.1, 0.15) is 11.8 Å². The lowest BCUT2D eigenvalue weighted by molar-refractivity contribution is 0.189. The summed E-state index contributed by atoms with van der Waals surface area (Å²) in [7, 11) is 3.28. The predicted octanol–water partition coefficient (Wildman–Crippen LogP) is 0.447. The lowest BCUT2D eigenvalue weighted by Gasteiger charge is -2.21. The maximum absolute atomic E-state index is 8.79. The number of ether oxygens (including phenoxy) is 2. The lowest BCUT2D eigenvalue weighted by Crippen LogP contribution is -2.32. The average Bonchev–Trinajstić information content (AvgIpc) is 2.39. The highest BCUT2D eigenvalue weighted by Gasteiger charge is 2.09. The van der Waals surface area contributed by atoms with E-state index >= 15 is 0 Å². The first-order valence-corrected chi connectivity index (χ1v) is 5.27. The Hall–Kier alpha value is -1.71. The summed E-state index contributed by atoms with van der Waals surface area (Å²) in [6.45, 7) is 2.47. The van der Waals surface area contributed by atoms with Gasteiger partial charge in [-0.25, -0.2) is 9.97 Å². The first kappa shape index (κ1) is 13.4. The zero-order valence-electron chi connectivity index (χ0n) is 10.1. The van der Waals surface area contributed by atoms with Gasteiger partial charge in [-0.1, -0.05) is 0 Å². The molecule has 0 N–H and O–H groups in total. The summed E-state index contributed by atoms with van der Waals surface area (Å²) >= 11 is 0. The summed E-state index contributed by atoms with van der Waals surface area (Å²) < 4.78 is 10.1. The first-order valence-electron chi connectivity index (χ1n) is 5.27. The van der Waals surface area contributed by atoms with E-state index < -0.39 is 0 Å². The first-order chi connectivity index (χ1) is 8.31. The smallest absolute Gasteiger partial charge is 0.226 e. The highest BCUT2D eigenvalue weighted by molar-refractivity contribution is 5.33. The second kappa shape index (κ2) is 7.54. The minimum Gasteiger partial charge on any atom is -0.383 e. The summed E-state index contributed by atoms with van der Waals surface area (Å²) in [4.78, 5) is 10.2. The normalized spacial score (nSPS) is 9.94. The van der Waals surface area contributed by atoms with Crippen molar-refractivity contribution in [1.82, 2.24) is 9.97 Å². The second-order valence-corrected chi connectivity index (χ2v) is 3.33. The third kappa shape index (κ3) is 4.34. The van der Waals surface area contributed by atoms with Crippen molar-refractivity contribution in [2.75, 3.05) is 45.4 Å². The zero-order valence-corrected chi connectivity index (χ0v) is 10.1. The van der Waals surface area contributed by atoms with E-state index in [0.717, 1.165) is 0 Å². The molecule has 1 aromatic rings. The number of nitriles is 1. The molecule has 0 saturated heterocycles. The van der Waals surface area contributed by atoms with E-state index in [4.69, 9.17) is 14.7 Å². The maximum Gasteiger partial charge on any atom is 0.226 e. The van der Waals surface area contributed by atoms with Crippen LogP contribution in [0, 0.1) is 11.3 Å². The van der Waals surface area contributed by atoms with E-state index in [1.165, 1.54) is 0 Å². The van der Waals surface area contributed by atoms with Crippen molar-refractivity contribution in [2.24, 2.45) is 0 Å². The topological polar surface area (TPSA) is 71.3 Å². The van der Waals surface area contributed by atoms with Gasteiger partial charge in [-0.05, 0) is 6.07 Å². The minimum atomic E-state index is 0.356. The molecule has 92 valence electrons.